The number of amides is 2. The molecule has 0 aromatic heterocycles. The Morgan fingerprint density at radius 3 is 2.65 bits per heavy atom. The van der Waals surface area contributed by atoms with E-state index in [4.69, 9.17) is 5.11 Å². The van der Waals surface area contributed by atoms with Gasteiger partial charge >= 0.3 is 12.0 Å². The first-order valence-electron chi connectivity index (χ1n) is 7.07. The summed E-state index contributed by atoms with van der Waals surface area (Å²) >= 11 is 0. The van der Waals surface area contributed by atoms with Crippen LogP contribution in [-0.4, -0.2) is 53.4 Å². The fourth-order valence-corrected chi connectivity index (χ4v) is 2.66. The quantitative estimate of drug-likeness (QED) is 0.610. The summed E-state index contributed by atoms with van der Waals surface area (Å²) in [4.78, 5) is 24.6. The number of aliphatic carboxylic acids is 1. The molecule has 1 rings (SSSR count). The van der Waals surface area contributed by atoms with Gasteiger partial charge in [0.15, 0.2) is 0 Å². The van der Waals surface area contributed by atoms with E-state index >= 15 is 0 Å². The van der Waals surface area contributed by atoms with Gasteiger partial charge in [0.2, 0.25) is 0 Å². The van der Waals surface area contributed by atoms with Crippen LogP contribution in [-0.2, 0) is 4.79 Å². The molecule has 1 fully saturated rings. The van der Waals surface area contributed by atoms with Gasteiger partial charge in [-0.25, -0.2) is 4.79 Å². The molecule has 1 aliphatic rings. The number of carbonyl (C=O) groups excluding carboxylic acids is 1. The number of carboxylic acids is 1. The molecule has 6 nitrogen and oxygen atoms in total. The third-order valence-electron chi connectivity index (χ3n) is 3.75. The van der Waals surface area contributed by atoms with E-state index in [9.17, 15) is 14.7 Å². The Kier molecular flexibility index (Phi) is 7.08. The first kappa shape index (κ1) is 16.5. The van der Waals surface area contributed by atoms with E-state index in [1.807, 2.05) is 0 Å². The second-order valence-electron chi connectivity index (χ2n) is 5.13. The number of hydrogen-bond donors (Lipinski definition) is 3. The van der Waals surface area contributed by atoms with Crippen LogP contribution in [0.25, 0.3) is 0 Å². The van der Waals surface area contributed by atoms with Gasteiger partial charge in [-0.05, 0) is 18.8 Å². The second-order valence-corrected chi connectivity index (χ2v) is 5.13. The van der Waals surface area contributed by atoms with Crippen LogP contribution >= 0.6 is 0 Å². The van der Waals surface area contributed by atoms with Crippen LogP contribution < -0.4 is 5.32 Å². The van der Waals surface area contributed by atoms with Gasteiger partial charge in [0, 0.05) is 19.6 Å². The van der Waals surface area contributed by atoms with Crippen molar-refractivity contribution in [2.75, 3.05) is 26.2 Å². The molecule has 0 aromatic carbocycles. The summed E-state index contributed by atoms with van der Waals surface area (Å²) < 4.78 is 0. The molecule has 2 amide bonds. The summed E-state index contributed by atoms with van der Waals surface area (Å²) in [6.45, 7) is 4.43. The zero-order valence-corrected chi connectivity index (χ0v) is 11.8. The van der Waals surface area contributed by atoms with Crippen molar-refractivity contribution in [3.05, 3.63) is 12.7 Å². The summed E-state index contributed by atoms with van der Waals surface area (Å²) in [5.41, 5.74) is 0. The lowest BCUT2D eigenvalue weighted by Crippen LogP contribution is -2.45. The maximum absolute atomic E-state index is 12.0. The van der Waals surface area contributed by atoms with Crippen molar-refractivity contribution in [3.8, 4) is 0 Å². The SMILES string of the molecule is C=CCN(CCO)C(=O)NCC1CCCCC1C(=O)O. The topological polar surface area (TPSA) is 89.9 Å². The van der Waals surface area contributed by atoms with Crippen molar-refractivity contribution in [1.29, 1.82) is 0 Å². The van der Waals surface area contributed by atoms with Crippen LogP contribution in [0.1, 0.15) is 25.7 Å². The smallest absolute Gasteiger partial charge is 0.317 e. The van der Waals surface area contributed by atoms with Gasteiger partial charge in [-0.3, -0.25) is 4.79 Å². The van der Waals surface area contributed by atoms with E-state index < -0.39 is 5.97 Å². The van der Waals surface area contributed by atoms with Crippen LogP contribution in [0.3, 0.4) is 0 Å². The molecule has 2 atom stereocenters. The van der Waals surface area contributed by atoms with Crippen LogP contribution in [0, 0.1) is 11.8 Å². The summed E-state index contributed by atoms with van der Waals surface area (Å²) in [5.74, 6) is -1.15. The number of urea groups is 1. The van der Waals surface area contributed by atoms with Gasteiger partial charge in [0.1, 0.15) is 0 Å². The van der Waals surface area contributed by atoms with Gasteiger partial charge in [0.25, 0.3) is 0 Å². The van der Waals surface area contributed by atoms with Crippen LogP contribution in [0.15, 0.2) is 12.7 Å². The Labute approximate surface area is 119 Å². The molecule has 3 N–H and O–H groups in total. The van der Waals surface area contributed by atoms with Crippen molar-refractivity contribution < 1.29 is 19.8 Å². The van der Waals surface area contributed by atoms with Crippen molar-refractivity contribution in [2.24, 2.45) is 11.8 Å². The largest absolute Gasteiger partial charge is 0.481 e. The van der Waals surface area contributed by atoms with E-state index in [0.29, 0.717) is 19.5 Å². The van der Waals surface area contributed by atoms with E-state index in [0.717, 1.165) is 19.3 Å². The fourth-order valence-electron chi connectivity index (χ4n) is 2.66. The summed E-state index contributed by atoms with van der Waals surface area (Å²) in [7, 11) is 0. The molecular formula is C14H24N2O4. The number of carbonyl (C=O) groups is 2. The monoisotopic (exact) mass is 284 g/mol. The Hall–Kier alpha value is -1.56. The van der Waals surface area contributed by atoms with Crippen LogP contribution in [0.2, 0.25) is 0 Å². The first-order chi connectivity index (χ1) is 9.60. The van der Waals surface area contributed by atoms with E-state index in [2.05, 4.69) is 11.9 Å². The molecule has 0 aliphatic heterocycles. The van der Waals surface area contributed by atoms with Crippen molar-refractivity contribution in [2.45, 2.75) is 25.7 Å². The number of hydrogen-bond acceptors (Lipinski definition) is 3. The highest BCUT2D eigenvalue weighted by molar-refractivity contribution is 5.74. The van der Waals surface area contributed by atoms with E-state index in [1.165, 1.54) is 4.90 Å². The molecule has 6 heteroatoms. The van der Waals surface area contributed by atoms with Gasteiger partial charge in [-0.15, -0.1) is 6.58 Å². The summed E-state index contributed by atoms with van der Waals surface area (Å²) in [5, 5.41) is 20.9. The van der Waals surface area contributed by atoms with Crippen molar-refractivity contribution in [1.82, 2.24) is 10.2 Å². The average molecular weight is 284 g/mol. The molecule has 0 heterocycles. The molecule has 0 bridgehead atoms. The number of rotatable bonds is 7. The Morgan fingerprint density at radius 1 is 1.35 bits per heavy atom. The van der Waals surface area contributed by atoms with Crippen molar-refractivity contribution >= 4 is 12.0 Å². The molecule has 0 radical (unpaired) electrons. The summed E-state index contributed by atoms with van der Waals surface area (Å²) in [6, 6.07) is -0.284. The maximum Gasteiger partial charge on any atom is 0.317 e. The number of nitrogens with one attached hydrogen (secondary N) is 1. The average Bonchev–Trinajstić information content (AvgIpc) is 2.44. The number of carboxylic acid groups (broad SMARTS) is 1. The van der Waals surface area contributed by atoms with E-state index in [-0.39, 0.29) is 31.0 Å². The second kappa shape index (κ2) is 8.58. The van der Waals surface area contributed by atoms with Gasteiger partial charge in [-0.1, -0.05) is 18.9 Å². The minimum absolute atomic E-state index is 0.00934. The van der Waals surface area contributed by atoms with E-state index in [1.54, 1.807) is 6.08 Å². The summed E-state index contributed by atoms with van der Waals surface area (Å²) in [6.07, 6.45) is 5.06. The highest BCUT2D eigenvalue weighted by atomic mass is 16.4. The lowest BCUT2D eigenvalue weighted by molar-refractivity contribution is -0.144. The Bertz CT molecular complexity index is 346. The third kappa shape index (κ3) is 4.85. The predicted octanol–water partition coefficient (Wildman–Crippen LogP) is 1.07. The Morgan fingerprint density at radius 2 is 2.05 bits per heavy atom. The fraction of sp³-hybridized carbons (Fsp3) is 0.714. The Balaban J connectivity index is 2.48. The first-order valence-corrected chi connectivity index (χ1v) is 7.07. The molecule has 114 valence electrons. The minimum Gasteiger partial charge on any atom is -0.481 e. The predicted molar refractivity (Wildman–Crippen MR) is 75.3 cm³/mol. The van der Waals surface area contributed by atoms with Gasteiger partial charge in [-0.2, -0.15) is 0 Å². The standard InChI is InChI=1S/C14H24N2O4/c1-2-7-16(8-9-17)14(20)15-10-11-5-3-4-6-12(11)13(18)19/h2,11-12,17H,1,3-10H2,(H,15,20)(H,18,19). The van der Waals surface area contributed by atoms with Crippen molar-refractivity contribution in [3.63, 3.8) is 0 Å². The maximum atomic E-state index is 12.0. The highest BCUT2D eigenvalue weighted by Gasteiger charge is 2.31. The van der Waals surface area contributed by atoms with Gasteiger partial charge in [0.05, 0.1) is 12.5 Å². The molecule has 20 heavy (non-hydrogen) atoms. The molecule has 1 aliphatic carbocycles. The molecule has 1 saturated carbocycles. The molecule has 0 saturated heterocycles. The van der Waals surface area contributed by atoms with Gasteiger partial charge < -0.3 is 20.4 Å². The zero-order chi connectivity index (χ0) is 15.0. The highest BCUT2D eigenvalue weighted by Crippen LogP contribution is 2.29. The third-order valence-corrected chi connectivity index (χ3v) is 3.75. The molecule has 0 aromatic rings. The number of nitrogens with zero attached hydrogens (tertiary/aromatic N) is 1. The molecule has 2 unspecified atom stereocenters. The van der Waals surface area contributed by atoms with Crippen LogP contribution in [0.4, 0.5) is 4.79 Å². The molecular weight excluding hydrogens is 260 g/mol. The molecule has 0 spiro atoms. The number of aliphatic hydroxyl groups is 1. The lowest BCUT2D eigenvalue weighted by atomic mass is 9.79. The minimum atomic E-state index is -0.776. The van der Waals surface area contributed by atoms with Crippen LogP contribution in [0.5, 0.6) is 0 Å². The lowest BCUT2D eigenvalue weighted by Gasteiger charge is -2.29. The number of aliphatic hydroxyl groups excluding tert-OH is 1. The zero-order valence-electron chi connectivity index (χ0n) is 11.8. The normalized spacial score (nSPS) is 22.1.